The molecule has 1 aliphatic heterocycles. The highest BCUT2D eigenvalue weighted by Gasteiger charge is 2.69. The minimum Gasteiger partial charge on any atom is -0.380 e. The van der Waals surface area contributed by atoms with Gasteiger partial charge in [0.05, 0.1) is 24.2 Å². The maximum absolute atomic E-state index is 13.9. The zero-order valence-electron chi connectivity index (χ0n) is 12.0. The molecule has 1 saturated carbocycles. The third-order valence-corrected chi connectivity index (χ3v) is 5.76. The molecule has 0 aromatic heterocycles. The highest BCUT2D eigenvalue weighted by molar-refractivity contribution is 7.89. The average Bonchev–Trinajstić information content (AvgIpc) is 3.00. The fourth-order valence-electron chi connectivity index (χ4n) is 3.08. The second kappa shape index (κ2) is 5.86. The van der Waals surface area contributed by atoms with E-state index < -0.39 is 33.5 Å². The van der Waals surface area contributed by atoms with Crippen LogP contribution in [0.2, 0.25) is 0 Å². The normalized spacial score (nSPS) is 30.9. The van der Waals surface area contributed by atoms with Gasteiger partial charge in [0.25, 0.3) is 5.92 Å². The summed E-state index contributed by atoms with van der Waals surface area (Å²) in [6, 6.07) is 8.06. The molecule has 3 atom stereocenters. The number of sulfonamides is 1. The molecule has 1 N–H and O–H groups in total. The summed E-state index contributed by atoms with van der Waals surface area (Å²) in [6.07, 6.45) is 1.46. The summed E-state index contributed by atoms with van der Waals surface area (Å²) in [5, 5.41) is 0. The molecule has 0 radical (unpaired) electrons. The van der Waals surface area contributed by atoms with Crippen molar-refractivity contribution in [1.29, 1.82) is 0 Å². The van der Waals surface area contributed by atoms with E-state index in [-0.39, 0.29) is 6.04 Å². The van der Waals surface area contributed by atoms with E-state index in [0.717, 1.165) is 6.42 Å². The van der Waals surface area contributed by atoms with Crippen molar-refractivity contribution in [2.45, 2.75) is 30.7 Å². The highest BCUT2D eigenvalue weighted by atomic mass is 32.2. The monoisotopic (exact) mass is 331 g/mol. The molecule has 1 aromatic rings. The highest BCUT2D eigenvalue weighted by Crippen LogP contribution is 2.61. The Bertz CT molecular complexity index is 615. The van der Waals surface area contributed by atoms with Gasteiger partial charge in [0.2, 0.25) is 10.0 Å². The third-order valence-electron chi connectivity index (χ3n) is 4.27. The minimum absolute atomic E-state index is 0.304. The third kappa shape index (κ3) is 3.31. The first kappa shape index (κ1) is 15.8. The Morgan fingerprint density at radius 2 is 2.00 bits per heavy atom. The Balaban J connectivity index is 1.65. The van der Waals surface area contributed by atoms with Crippen LogP contribution in [-0.4, -0.2) is 39.3 Å². The fraction of sp³-hybridized carbons (Fsp3) is 0.600. The van der Waals surface area contributed by atoms with Crippen molar-refractivity contribution in [3.8, 4) is 0 Å². The van der Waals surface area contributed by atoms with Gasteiger partial charge in [-0.3, -0.25) is 0 Å². The Morgan fingerprint density at radius 1 is 1.27 bits per heavy atom. The van der Waals surface area contributed by atoms with Crippen molar-refractivity contribution < 1.29 is 21.9 Å². The summed E-state index contributed by atoms with van der Waals surface area (Å²) in [5.74, 6) is -5.67. The summed E-state index contributed by atoms with van der Waals surface area (Å²) in [5.41, 5.74) is 0.494. The van der Waals surface area contributed by atoms with Crippen molar-refractivity contribution in [2.75, 3.05) is 19.0 Å². The van der Waals surface area contributed by atoms with Crippen LogP contribution >= 0.6 is 0 Å². The van der Waals surface area contributed by atoms with Crippen molar-refractivity contribution in [2.24, 2.45) is 5.92 Å². The van der Waals surface area contributed by atoms with Crippen LogP contribution in [0, 0.1) is 5.92 Å². The molecule has 1 aromatic carbocycles. The standard InChI is InChI=1S/C15H19F2NO3S/c16-15(17)13(14(15)11-5-2-1-3-6-11)10-22(19,20)18-12-7-4-8-21-9-12/h1-3,5-6,12-14,18H,4,7-10H2/t12-,13+,14+/m1/s1. The van der Waals surface area contributed by atoms with Crippen molar-refractivity contribution >= 4 is 10.0 Å². The Labute approximate surface area is 128 Å². The lowest BCUT2D eigenvalue weighted by molar-refractivity contribution is 0.0772. The fourth-order valence-corrected chi connectivity index (χ4v) is 4.76. The molecule has 0 spiro atoms. The van der Waals surface area contributed by atoms with Crippen LogP contribution in [-0.2, 0) is 14.8 Å². The van der Waals surface area contributed by atoms with Gasteiger partial charge in [0.1, 0.15) is 0 Å². The second-order valence-corrected chi connectivity index (χ2v) is 7.78. The molecule has 0 unspecified atom stereocenters. The quantitative estimate of drug-likeness (QED) is 0.899. The van der Waals surface area contributed by atoms with E-state index in [9.17, 15) is 17.2 Å². The van der Waals surface area contributed by atoms with Gasteiger partial charge >= 0.3 is 0 Å². The van der Waals surface area contributed by atoms with E-state index >= 15 is 0 Å². The van der Waals surface area contributed by atoms with Crippen LogP contribution in [0.5, 0.6) is 0 Å². The van der Waals surface area contributed by atoms with Crippen LogP contribution in [0.4, 0.5) is 8.78 Å². The molecule has 2 aliphatic rings. The smallest absolute Gasteiger partial charge is 0.260 e. The Kier molecular flexibility index (Phi) is 4.22. The molecular weight excluding hydrogens is 312 g/mol. The molecule has 4 nitrogen and oxygen atoms in total. The molecule has 1 saturated heterocycles. The zero-order valence-corrected chi connectivity index (χ0v) is 12.9. The van der Waals surface area contributed by atoms with Gasteiger partial charge in [-0.15, -0.1) is 0 Å². The number of hydrogen-bond acceptors (Lipinski definition) is 3. The van der Waals surface area contributed by atoms with Gasteiger partial charge in [-0.1, -0.05) is 30.3 Å². The van der Waals surface area contributed by atoms with E-state index in [4.69, 9.17) is 4.74 Å². The largest absolute Gasteiger partial charge is 0.380 e. The molecule has 22 heavy (non-hydrogen) atoms. The van der Waals surface area contributed by atoms with E-state index in [1.165, 1.54) is 0 Å². The van der Waals surface area contributed by atoms with Gasteiger partial charge in [0, 0.05) is 12.6 Å². The first-order valence-electron chi connectivity index (χ1n) is 7.40. The predicted molar refractivity (Wildman–Crippen MR) is 78.4 cm³/mol. The summed E-state index contributed by atoms with van der Waals surface area (Å²) in [6.45, 7) is 0.928. The minimum atomic E-state index is -3.74. The van der Waals surface area contributed by atoms with Crippen LogP contribution in [0.25, 0.3) is 0 Å². The maximum Gasteiger partial charge on any atom is 0.260 e. The van der Waals surface area contributed by atoms with Crippen molar-refractivity contribution in [3.05, 3.63) is 35.9 Å². The van der Waals surface area contributed by atoms with Crippen LogP contribution in [0.3, 0.4) is 0 Å². The number of halogens is 2. The van der Waals surface area contributed by atoms with Gasteiger partial charge in [0.15, 0.2) is 0 Å². The van der Waals surface area contributed by atoms with Crippen LogP contribution in [0.1, 0.15) is 24.3 Å². The number of alkyl halides is 2. The summed E-state index contributed by atoms with van der Waals surface area (Å²) in [7, 11) is -3.74. The molecule has 1 aliphatic carbocycles. The number of nitrogens with one attached hydrogen (secondary N) is 1. The summed E-state index contributed by atoms with van der Waals surface area (Å²) in [4.78, 5) is 0. The zero-order chi connectivity index (χ0) is 15.8. The van der Waals surface area contributed by atoms with Crippen LogP contribution < -0.4 is 4.72 Å². The molecule has 2 fully saturated rings. The van der Waals surface area contributed by atoms with Crippen molar-refractivity contribution in [1.82, 2.24) is 4.72 Å². The SMILES string of the molecule is O=S(=O)(C[C@H]1[C@H](c2ccccc2)C1(F)F)N[C@@H]1CCCOC1. The molecule has 0 bridgehead atoms. The number of ether oxygens (including phenoxy) is 1. The van der Waals surface area contributed by atoms with Gasteiger partial charge < -0.3 is 4.74 Å². The van der Waals surface area contributed by atoms with E-state index in [1.54, 1.807) is 30.3 Å². The van der Waals surface area contributed by atoms with E-state index in [2.05, 4.69) is 4.72 Å². The van der Waals surface area contributed by atoms with Crippen molar-refractivity contribution in [3.63, 3.8) is 0 Å². The molecule has 3 rings (SSSR count). The maximum atomic E-state index is 13.9. The summed E-state index contributed by atoms with van der Waals surface area (Å²) >= 11 is 0. The first-order valence-corrected chi connectivity index (χ1v) is 9.06. The van der Waals surface area contributed by atoms with E-state index in [1.807, 2.05) is 0 Å². The van der Waals surface area contributed by atoms with Gasteiger partial charge in [-0.05, 0) is 18.4 Å². The lowest BCUT2D eigenvalue weighted by Crippen LogP contribution is -2.42. The van der Waals surface area contributed by atoms with E-state index in [0.29, 0.717) is 25.2 Å². The first-order chi connectivity index (χ1) is 10.4. The van der Waals surface area contributed by atoms with Gasteiger partial charge in [-0.25, -0.2) is 21.9 Å². The van der Waals surface area contributed by atoms with Gasteiger partial charge in [-0.2, -0.15) is 0 Å². The topological polar surface area (TPSA) is 55.4 Å². The molecule has 0 amide bonds. The number of rotatable bonds is 5. The lowest BCUT2D eigenvalue weighted by atomic mass is 10.1. The summed E-state index contributed by atoms with van der Waals surface area (Å²) < 4.78 is 59.8. The van der Waals surface area contributed by atoms with Crippen LogP contribution in [0.15, 0.2) is 30.3 Å². The molecule has 122 valence electrons. The lowest BCUT2D eigenvalue weighted by Gasteiger charge is -2.22. The molecule has 1 heterocycles. The number of hydrogen-bond donors (Lipinski definition) is 1. The number of benzene rings is 1. The molecule has 7 heteroatoms. The predicted octanol–water partition coefficient (Wildman–Crippen LogP) is 2.13. The molecular formula is C15H19F2NO3S. The average molecular weight is 331 g/mol. The Hall–Kier alpha value is -1.05. The Morgan fingerprint density at radius 3 is 2.64 bits per heavy atom. The second-order valence-electron chi connectivity index (χ2n) is 5.98.